The van der Waals surface area contributed by atoms with Crippen molar-refractivity contribution in [1.82, 2.24) is 15.0 Å². The van der Waals surface area contributed by atoms with Crippen LogP contribution >= 0.6 is 0 Å². The third kappa shape index (κ3) is 3.62. The molecule has 1 fully saturated rings. The van der Waals surface area contributed by atoms with Crippen molar-refractivity contribution in [3.05, 3.63) is 77.9 Å². The Hall–Kier alpha value is -3.44. The standard InChI is InChI=1S/C26H26N4O/c1-3-20(16(2)31-27)19-14-22(25-23(15-19)29-26(30-25)18-11-12-18)21-10-7-13-28-24(21)17-8-5-4-6-9-17/h4-10,13-15,18H,3,11-12,27H2,1-2H3,(H,29,30). The van der Waals surface area contributed by atoms with E-state index in [0.717, 1.165) is 62.6 Å². The summed E-state index contributed by atoms with van der Waals surface area (Å²) in [6.45, 7) is 4.02. The third-order valence-corrected chi connectivity index (χ3v) is 6.02. The molecule has 2 heterocycles. The van der Waals surface area contributed by atoms with E-state index in [1.807, 2.05) is 37.4 Å². The Morgan fingerprint density at radius 1 is 1.10 bits per heavy atom. The van der Waals surface area contributed by atoms with E-state index in [4.69, 9.17) is 20.7 Å². The highest BCUT2D eigenvalue weighted by Gasteiger charge is 2.28. The van der Waals surface area contributed by atoms with Gasteiger partial charge in [0.2, 0.25) is 0 Å². The molecular formula is C26H26N4O. The van der Waals surface area contributed by atoms with Gasteiger partial charge in [-0.1, -0.05) is 43.3 Å². The lowest BCUT2D eigenvalue weighted by molar-refractivity contribution is 0.224. The average Bonchev–Trinajstić information content (AvgIpc) is 3.58. The smallest absolute Gasteiger partial charge is 0.124 e. The molecule has 0 radical (unpaired) electrons. The van der Waals surface area contributed by atoms with Crippen molar-refractivity contribution in [2.45, 2.75) is 39.0 Å². The molecule has 0 atom stereocenters. The van der Waals surface area contributed by atoms with Crippen LogP contribution in [-0.2, 0) is 4.84 Å². The lowest BCUT2D eigenvalue weighted by atomic mass is 9.93. The number of fused-ring (bicyclic) bond motifs is 1. The number of allylic oxidation sites excluding steroid dienone is 2. The molecule has 2 aromatic carbocycles. The first kappa shape index (κ1) is 19.5. The van der Waals surface area contributed by atoms with Crippen LogP contribution in [0.2, 0.25) is 0 Å². The molecule has 1 saturated carbocycles. The summed E-state index contributed by atoms with van der Waals surface area (Å²) in [6, 6.07) is 18.8. The van der Waals surface area contributed by atoms with E-state index in [9.17, 15) is 0 Å². The van der Waals surface area contributed by atoms with Gasteiger partial charge >= 0.3 is 0 Å². The maximum absolute atomic E-state index is 5.51. The first-order valence-electron chi connectivity index (χ1n) is 10.8. The number of H-pyrrole nitrogens is 1. The molecule has 31 heavy (non-hydrogen) atoms. The number of pyridine rings is 1. The maximum Gasteiger partial charge on any atom is 0.124 e. The predicted molar refractivity (Wildman–Crippen MR) is 125 cm³/mol. The summed E-state index contributed by atoms with van der Waals surface area (Å²) in [7, 11) is 0. The van der Waals surface area contributed by atoms with Crippen LogP contribution in [0.5, 0.6) is 0 Å². The second-order valence-electron chi connectivity index (χ2n) is 8.09. The number of nitrogens with zero attached hydrogens (tertiary/aromatic N) is 2. The first-order chi connectivity index (χ1) is 15.2. The Morgan fingerprint density at radius 3 is 2.61 bits per heavy atom. The summed E-state index contributed by atoms with van der Waals surface area (Å²) in [4.78, 5) is 18.4. The van der Waals surface area contributed by atoms with Crippen molar-refractivity contribution in [2.24, 2.45) is 5.90 Å². The van der Waals surface area contributed by atoms with Crippen LogP contribution in [0.1, 0.15) is 50.4 Å². The van der Waals surface area contributed by atoms with Crippen LogP contribution in [0.25, 0.3) is 39.0 Å². The highest BCUT2D eigenvalue weighted by molar-refractivity contribution is 5.98. The van der Waals surface area contributed by atoms with Gasteiger partial charge in [-0.05, 0) is 55.5 Å². The predicted octanol–water partition coefficient (Wildman–Crippen LogP) is 6.20. The number of aromatic nitrogens is 3. The molecule has 5 nitrogen and oxygen atoms in total. The minimum Gasteiger partial charge on any atom is -0.416 e. The van der Waals surface area contributed by atoms with Gasteiger partial charge in [-0.15, -0.1) is 0 Å². The molecule has 5 rings (SSSR count). The fourth-order valence-corrected chi connectivity index (χ4v) is 4.24. The molecule has 2 aromatic heterocycles. The van der Waals surface area contributed by atoms with Crippen LogP contribution in [0.3, 0.4) is 0 Å². The molecule has 0 saturated heterocycles. The number of nitrogens with two attached hydrogens (primary N) is 1. The van der Waals surface area contributed by atoms with Crippen molar-refractivity contribution >= 4 is 16.6 Å². The van der Waals surface area contributed by atoms with Gasteiger partial charge in [-0.2, -0.15) is 5.90 Å². The number of rotatable bonds is 6. The van der Waals surface area contributed by atoms with Crippen LogP contribution in [0, 0.1) is 0 Å². The fraction of sp³-hybridized carbons (Fsp3) is 0.231. The number of imidazole rings is 1. The lowest BCUT2D eigenvalue weighted by Crippen LogP contribution is -2.00. The minimum atomic E-state index is 0.543. The maximum atomic E-state index is 5.51. The molecule has 0 spiro atoms. The summed E-state index contributed by atoms with van der Waals surface area (Å²) in [5.41, 5.74) is 8.36. The number of nitrogens with one attached hydrogen (secondary N) is 1. The van der Waals surface area contributed by atoms with Gasteiger partial charge in [0.25, 0.3) is 0 Å². The molecule has 0 bridgehead atoms. The Bertz CT molecular complexity index is 1270. The number of hydrogen-bond acceptors (Lipinski definition) is 4. The van der Waals surface area contributed by atoms with E-state index >= 15 is 0 Å². The zero-order chi connectivity index (χ0) is 21.4. The number of aromatic amines is 1. The van der Waals surface area contributed by atoms with Gasteiger partial charge in [0.15, 0.2) is 0 Å². The first-order valence-corrected chi connectivity index (χ1v) is 10.8. The normalized spacial score (nSPS) is 14.5. The molecule has 156 valence electrons. The zero-order valence-corrected chi connectivity index (χ0v) is 17.9. The third-order valence-electron chi connectivity index (χ3n) is 6.02. The molecular weight excluding hydrogens is 384 g/mol. The van der Waals surface area contributed by atoms with Crippen molar-refractivity contribution in [3.8, 4) is 22.4 Å². The summed E-state index contributed by atoms with van der Waals surface area (Å²) >= 11 is 0. The summed E-state index contributed by atoms with van der Waals surface area (Å²) in [5, 5.41) is 0. The molecule has 5 heteroatoms. The summed E-state index contributed by atoms with van der Waals surface area (Å²) < 4.78 is 0. The van der Waals surface area contributed by atoms with Crippen molar-refractivity contribution in [1.29, 1.82) is 0 Å². The van der Waals surface area contributed by atoms with Crippen LogP contribution in [-0.4, -0.2) is 15.0 Å². The van der Waals surface area contributed by atoms with Gasteiger partial charge < -0.3 is 9.82 Å². The fourth-order valence-electron chi connectivity index (χ4n) is 4.24. The van der Waals surface area contributed by atoms with E-state index in [-0.39, 0.29) is 0 Å². The van der Waals surface area contributed by atoms with Gasteiger partial charge in [0.1, 0.15) is 11.6 Å². The number of hydrogen-bond donors (Lipinski definition) is 2. The van der Waals surface area contributed by atoms with E-state index < -0.39 is 0 Å². The van der Waals surface area contributed by atoms with E-state index in [1.165, 1.54) is 12.8 Å². The quantitative estimate of drug-likeness (QED) is 0.293. The highest BCUT2D eigenvalue weighted by Crippen LogP contribution is 2.42. The SMILES string of the molecule is CCC(=C(C)ON)c1cc(-c2cccnc2-c2ccccc2)c2nc(C3CC3)[nH]c2c1. The van der Waals surface area contributed by atoms with Crippen molar-refractivity contribution in [2.75, 3.05) is 0 Å². The van der Waals surface area contributed by atoms with E-state index in [0.29, 0.717) is 5.92 Å². The van der Waals surface area contributed by atoms with Crippen LogP contribution in [0.4, 0.5) is 0 Å². The molecule has 0 amide bonds. The summed E-state index contributed by atoms with van der Waals surface area (Å²) in [5.74, 6) is 7.86. The van der Waals surface area contributed by atoms with Gasteiger partial charge in [0.05, 0.1) is 16.7 Å². The highest BCUT2D eigenvalue weighted by atomic mass is 16.6. The number of benzene rings is 2. The van der Waals surface area contributed by atoms with Crippen molar-refractivity contribution < 1.29 is 4.84 Å². The molecule has 1 aliphatic carbocycles. The Kier molecular flexibility index (Phi) is 5.04. The zero-order valence-electron chi connectivity index (χ0n) is 17.9. The Labute approximate surface area is 182 Å². The minimum absolute atomic E-state index is 0.543. The van der Waals surface area contributed by atoms with Gasteiger partial charge in [-0.3, -0.25) is 4.98 Å². The lowest BCUT2D eigenvalue weighted by Gasteiger charge is -2.14. The van der Waals surface area contributed by atoms with E-state index in [1.54, 1.807) is 0 Å². The molecule has 4 aromatic rings. The Balaban J connectivity index is 1.79. The molecule has 0 unspecified atom stereocenters. The average molecular weight is 411 g/mol. The van der Waals surface area contributed by atoms with Gasteiger partial charge in [0, 0.05) is 28.8 Å². The van der Waals surface area contributed by atoms with Crippen molar-refractivity contribution in [3.63, 3.8) is 0 Å². The second kappa shape index (κ2) is 8.00. The van der Waals surface area contributed by atoms with Gasteiger partial charge in [-0.25, -0.2) is 4.98 Å². The Morgan fingerprint density at radius 2 is 1.90 bits per heavy atom. The topological polar surface area (TPSA) is 76.8 Å². The molecule has 0 aliphatic heterocycles. The molecule has 1 aliphatic rings. The van der Waals surface area contributed by atoms with E-state index in [2.05, 4.69) is 42.2 Å². The summed E-state index contributed by atoms with van der Waals surface area (Å²) in [6.07, 6.45) is 5.06. The van der Waals surface area contributed by atoms with Crippen LogP contribution in [0.15, 0.2) is 66.6 Å². The monoisotopic (exact) mass is 410 g/mol. The second-order valence-corrected chi connectivity index (χ2v) is 8.09. The van der Waals surface area contributed by atoms with Crippen LogP contribution < -0.4 is 5.90 Å². The molecule has 3 N–H and O–H groups in total. The largest absolute Gasteiger partial charge is 0.416 e.